The summed E-state index contributed by atoms with van der Waals surface area (Å²) in [7, 11) is 1.76. The number of benzene rings is 3. The number of nitrogens with one attached hydrogen (secondary N) is 2. The summed E-state index contributed by atoms with van der Waals surface area (Å²) >= 11 is 0. The van der Waals surface area contributed by atoms with Gasteiger partial charge < -0.3 is 24.6 Å². The summed E-state index contributed by atoms with van der Waals surface area (Å²) in [6, 6.07) is 24.6. The Labute approximate surface area is 270 Å². The number of aliphatic hydroxyl groups excluding tert-OH is 1. The van der Waals surface area contributed by atoms with Gasteiger partial charge in [0.1, 0.15) is 0 Å². The molecular weight excluding hydrogens is 586 g/mol. The lowest BCUT2D eigenvalue weighted by atomic mass is 9.98. The van der Waals surface area contributed by atoms with Gasteiger partial charge in [-0.25, -0.2) is 5.48 Å². The molecule has 4 atom stereocenters. The number of nitrogens with zero attached hydrogens (tertiary/aromatic N) is 1. The van der Waals surface area contributed by atoms with Crippen LogP contribution in [-0.4, -0.2) is 66.0 Å². The summed E-state index contributed by atoms with van der Waals surface area (Å²) in [6.45, 7) is 2.96. The van der Waals surface area contributed by atoms with E-state index < -0.39 is 12.2 Å². The van der Waals surface area contributed by atoms with E-state index in [9.17, 15) is 14.7 Å². The Hall–Kier alpha value is -3.64. The summed E-state index contributed by atoms with van der Waals surface area (Å²) < 4.78 is 18.7. The number of ether oxygens (including phenoxy) is 3. The molecule has 5 rings (SSSR count). The first-order chi connectivity index (χ1) is 22.4. The molecule has 0 aromatic heterocycles. The number of carbonyl (C=O) groups excluding carboxylic acids is 2. The second-order valence-corrected chi connectivity index (χ2v) is 12.1. The van der Waals surface area contributed by atoms with E-state index in [0.29, 0.717) is 19.0 Å². The van der Waals surface area contributed by atoms with Gasteiger partial charge in [-0.15, -0.1) is 0 Å². The third kappa shape index (κ3) is 9.22. The van der Waals surface area contributed by atoms with Gasteiger partial charge in [0.25, 0.3) is 0 Å². The zero-order valence-electron chi connectivity index (χ0n) is 26.4. The summed E-state index contributed by atoms with van der Waals surface area (Å²) in [5.41, 5.74) is 7.49. The smallest absolute Gasteiger partial charge is 0.243 e. The molecule has 3 aromatic rings. The van der Waals surface area contributed by atoms with Crippen LogP contribution in [0.5, 0.6) is 0 Å². The lowest BCUT2D eigenvalue weighted by molar-refractivity contribution is -0.253. The lowest BCUT2D eigenvalue weighted by Gasteiger charge is -2.38. The number of aliphatic hydroxyl groups is 1. The van der Waals surface area contributed by atoms with Gasteiger partial charge in [0.05, 0.1) is 25.4 Å². The average Bonchev–Trinajstić information content (AvgIpc) is 3.53. The predicted molar refractivity (Wildman–Crippen MR) is 172 cm³/mol. The molecule has 0 unspecified atom stereocenters. The first-order valence-corrected chi connectivity index (χ1v) is 16.1. The van der Waals surface area contributed by atoms with E-state index in [4.69, 9.17) is 19.4 Å². The van der Waals surface area contributed by atoms with Crippen LogP contribution in [0.15, 0.2) is 72.8 Å². The van der Waals surface area contributed by atoms with E-state index in [0.717, 1.165) is 72.3 Å². The molecule has 246 valence electrons. The molecule has 10 nitrogen and oxygen atoms in total. The van der Waals surface area contributed by atoms with Crippen LogP contribution in [0, 0.1) is 0 Å². The molecule has 2 saturated heterocycles. The van der Waals surface area contributed by atoms with Crippen molar-refractivity contribution >= 4 is 11.8 Å². The minimum absolute atomic E-state index is 0.00724. The van der Waals surface area contributed by atoms with Crippen molar-refractivity contribution in [3.05, 3.63) is 95.1 Å². The average molecular weight is 632 g/mol. The number of hydrogen-bond acceptors (Lipinski definition) is 8. The maximum atomic E-state index is 12.2. The van der Waals surface area contributed by atoms with Crippen molar-refractivity contribution < 1.29 is 34.1 Å². The number of likely N-dealkylation sites (tertiary alicyclic amines) is 1. The molecular formula is C36H45N3O7. The number of amides is 2. The maximum Gasteiger partial charge on any atom is 0.243 e. The van der Waals surface area contributed by atoms with Crippen molar-refractivity contribution in [1.29, 1.82) is 0 Å². The van der Waals surface area contributed by atoms with Gasteiger partial charge in [0.15, 0.2) is 6.29 Å². The standard InChI is InChI=1S/C36H45N3O7/c1-44-24-31-7-4-18-39(31)22-32-20-33(28-12-10-25(23-40)11-13-28)46-36(45-32)29-16-14-27(15-17-29)30-6-2-5-26(19-30)21-37-34(41)8-3-9-35(42)38-43/h2,5-6,10-17,19,31-33,36,40,43H,3-4,7-9,18,20-24H2,1H3,(H,37,41)(H,38,42)/t31-,32+,33-,36-/m0/s1. The van der Waals surface area contributed by atoms with Crippen molar-refractivity contribution in [2.45, 2.75) is 76.2 Å². The van der Waals surface area contributed by atoms with Crippen LogP contribution in [0.25, 0.3) is 11.1 Å². The molecule has 0 radical (unpaired) electrons. The number of carbonyl (C=O) groups is 2. The highest BCUT2D eigenvalue weighted by atomic mass is 16.7. The van der Waals surface area contributed by atoms with Crippen LogP contribution in [-0.2, 0) is 37.0 Å². The van der Waals surface area contributed by atoms with Crippen molar-refractivity contribution in [1.82, 2.24) is 15.7 Å². The molecule has 2 aliphatic heterocycles. The number of rotatable bonds is 14. The van der Waals surface area contributed by atoms with Gasteiger partial charge in [-0.2, -0.15) is 0 Å². The van der Waals surface area contributed by atoms with Crippen molar-refractivity contribution in [3.63, 3.8) is 0 Å². The Morgan fingerprint density at radius 2 is 1.70 bits per heavy atom. The highest BCUT2D eigenvalue weighted by Gasteiger charge is 2.35. The Balaban J connectivity index is 1.25. The summed E-state index contributed by atoms with van der Waals surface area (Å²) in [5.74, 6) is -0.646. The van der Waals surface area contributed by atoms with Gasteiger partial charge >= 0.3 is 0 Å². The zero-order valence-corrected chi connectivity index (χ0v) is 26.4. The molecule has 3 aromatic carbocycles. The maximum absolute atomic E-state index is 12.2. The third-order valence-corrected chi connectivity index (χ3v) is 8.78. The van der Waals surface area contributed by atoms with E-state index in [1.807, 2.05) is 42.5 Å². The Bertz CT molecular complexity index is 1420. The number of hydroxylamine groups is 1. The van der Waals surface area contributed by atoms with Gasteiger partial charge in [-0.3, -0.25) is 19.7 Å². The minimum Gasteiger partial charge on any atom is -0.392 e. The van der Waals surface area contributed by atoms with Crippen LogP contribution in [0.1, 0.15) is 73.2 Å². The Kier molecular flexibility index (Phi) is 12.3. The first-order valence-electron chi connectivity index (χ1n) is 16.1. The summed E-state index contributed by atoms with van der Waals surface area (Å²) in [5, 5.41) is 21.0. The van der Waals surface area contributed by atoms with E-state index in [1.54, 1.807) is 12.6 Å². The lowest BCUT2D eigenvalue weighted by Crippen LogP contribution is -2.42. The van der Waals surface area contributed by atoms with E-state index in [2.05, 4.69) is 40.5 Å². The van der Waals surface area contributed by atoms with Crippen LogP contribution in [0.2, 0.25) is 0 Å². The van der Waals surface area contributed by atoms with Crippen LogP contribution in [0.3, 0.4) is 0 Å². The predicted octanol–water partition coefficient (Wildman–Crippen LogP) is 4.79. The molecule has 10 heteroatoms. The quantitative estimate of drug-likeness (QED) is 0.148. The van der Waals surface area contributed by atoms with E-state index in [1.165, 1.54) is 0 Å². The Morgan fingerprint density at radius 3 is 2.43 bits per heavy atom. The van der Waals surface area contributed by atoms with E-state index in [-0.39, 0.29) is 37.6 Å². The SMILES string of the molecule is COC[C@@H]1CCCN1C[C@H]1C[C@@H](c2ccc(CO)cc2)O[C@@H](c2ccc(-c3cccc(CNC(=O)CCCC(=O)NO)c3)cc2)O1. The summed E-state index contributed by atoms with van der Waals surface area (Å²) in [6.07, 6.45) is 3.02. The fourth-order valence-electron chi connectivity index (χ4n) is 6.26. The van der Waals surface area contributed by atoms with E-state index >= 15 is 0 Å². The van der Waals surface area contributed by atoms with Crippen LogP contribution < -0.4 is 10.8 Å². The zero-order chi connectivity index (χ0) is 32.3. The number of hydrogen-bond donors (Lipinski definition) is 4. The summed E-state index contributed by atoms with van der Waals surface area (Å²) in [4.78, 5) is 25.8. The Morgan fingerprint density at radius 1 is 0.935 bits per heavy atom. The van der Waals surface area contributed by atoms with Gasteiger partial charge in [0, 0.05) is 51.1 Å². The molecule has 2 amide bonds. The van der Waals surface area contributed by atoms with Crippen molar-refractivity contribution in [3.8, 4) is 11.1 Å². The fraction of sp³-hybridized carbons (Fsp3) is 0.444. The largest absolute Gasteiger partial charge is 0.392 e. The fourth-order valence-corrected chi connectivity index (χ4v) is 6.26. The molecule has 46 heavy (non-hydrogen) atoms. The normalized spacial score (nSPS) is 21.6. The topological polar surface area (TPSA) is 130 Å². The molecule has 0 saturated carbocycles. The highest BCUT2D eigenvalue weighted by Crippen LogP contribution is 2.39. The van der Waals surface area contributed by atoms with Crippen molar-refractivity contribution in [2.75, 3.05) is 26.8 Å². The molecule has 2 fully saturated rings. The van der Waals surface area contributed by atoms with Gasteiger partial charge in [-0.1, -0.05) is 66.7 Å². The first kappa shape index (κ1) is 33.7. The molecule has 0 bridgehead atoms. The number of methoxy groups -OCH3 is 1. The van der Waals surface area contributed by atoms with Crippen molar-refractivity contribution in [2.24, 2.45) is 0 Å². The van der Waals surface area contributed by atoms with Crippen LogP contribution >= 0.6 is 0 Å². The molecule has 4 N–H and O–H groups in total. The molecule has 0 spiro atoms. The van der Waals surface area contributed by atoms with Gasteiger partial charge in [-0.05, 0) is 59.7 Å². The minimum atomic E-state index is -0.524. The highest BCUT2D eigenvalue weighted by molar-refractivity contribution is 5.78. The monoisotopic (exact) mass is 631 g/mol. The van der Waals surface area contributed by atoms with Crippen LogP contribution in [0.4, 0.5) is 0 Å². The molecule has 2 heterocycles. The van der Waals surface area contributed by atoms with Gasteiger partial charge in [0.2, 0.25) is 11.8 Å². The molecule has 2 aliphatic rings. The second kappa shape index (κ2) is 16.8. The molecule has 0 aliphatic carbocycles. The third-order valence-electron chi connectivity index (χ3n) is 8.78. The second-order valence-electron chi connectivity index (χ2n) is 12.1.